The maximum Gasteiger partial charge on any atom is 0.352 e. The van der Waals surface area contributed by atoms with Crippen LogP contribution in [-0.4, -0.2) is 51.6 Å². The van der Waals surface area contributed by atoms with Crippen molar-refractivity contribution in [2.75, 3.05) is 25.7 Å². The molecule has 0 aliphatic rings. The zero-order chi connectivity index (χ0) is 25.4. The van der Waals surface area contributed by atoms with Crippen molar-refractivity contribution in [1.29, 1.82) is 0 Å². The van der Waals surface area contributed by atoms with E-state index in [4.69, 9.17) is 12.8 Å². The van der Waals surface area contributed by atoms with Crippen molar-refractivity contribution in [3.05, 3.63) is 72.0 Å². The lowest BCUT2D eigenvalue weighted by molar-refractivity contribution is 0.271. The summed E-state index contributed by atoms with van der Waals surface area (Å²) in [5.41, 5.74) is 0.319. The standard InChI is InChI=1S/C24H33O7S2Si/c1-24(2,3)23(20(16-18-29-32(4,25)26)17-19-30-33(5,27)28)31-34(21-12-8-6-9-13-21)22-14-10-7-11-15-22/h6-15H,16-19H2,1-5H3. The third kappa shape index (κ3) is 10.1. The van der Waals surface area contributed by atoms with Gasteiger partial charge in [-0.05, 0) is 28.8 Å². The van der Waals surface area contributed by atoms with E-state index in [2.05, 4.69) is 0 Å². The highest BCUT2D eigenvalue weighted by molar-refractivity contribution is 7.86. The molecule has 0 amide bonds. The van der Waals surface area contributed by atoms with Crippen LogP contribution >= 0.6 is 0 Å². The average Bonchev–Trinajstić information content (AvgIpc) is 2.72. The number of hydrogen-bond acceptors (Lipinski definition) is 7. The molecule has 7 nitrogen and oxygen atoms in total. The fourth-order valence-corrected chi connectivity index (χ4v) is 6.29. The molecule has 1 radical (unpaired) electrons. The number of rotatable bonds is 12. The maximum absolute atomic E-state index is 11.5. The first-order valence-corrected chi connectivity index (χ1v) is 15.9. The molecule has 0 bridgehead atoms. The number of hydrogen-bond donors (Lipinski definition) is 0. The van der Waals surface area contributed by atoms with Gasteiger partial charge in [-0.1, -0.05) is 81.4 Å². The van der Waals surface area contributed by atoms with Crippen LogP contribution in [0.3, 0.4) is 0 Å². The molecule has 0 aliphatic heterocycles. The minimum Gasteiger partial charge on any atom is -0.535 e. The molecule has 0 fully saturated rings. The van der Waals surface area contributed by atoms with Gasteiger partial charge in [0.1, 0.15) is 0 Å². The fourth-order valence-electron chi connectivity index (χ4n) is 3.31. The van der Waals surface area contributed by atoms with Gasteiger partial charge in [0.25, 0.3) is 20.2 Å². The van der Waals surface area contributed by atoms with Gasteiger partial charge in [-0.25, -0.2) is 0 Å². The average molecular weight is 526 g/mol. The van der Waals surface area contributed by atoms with E-state index in [9.17, 15) is 16.8 Å². The van der Waals surface area contributed by atoms with Gasteiger partial charge in [0, 0.05) is 5.41 Å². The summed E-state index contributed by atoms with van der Waals surface area (Å²) in [5, 5.41) is 2.11. The zero-order valence-electron chi connectivity index (χ0n) is 20.3. The SMILES string of the molecule is CC(C)(C)C(O[Si](c1ccccc1)c1ccccc1)=C(CCOS(C)(=O)=O)CCOS(C)(=O)=O. The Kier molecular flexibility index (Phi) is 10.1. The van der Waals surface area contributed by atoms with Crippen molar-refractivity contribution in [1.82, 2.24) is 0 Å². The van der Waals surface area contributed by atoms with Gasteiger partial charge in [0.05, 0.1) is 31.5 Å². The summed E-state index contributed by atoms with van der Waals surface area (Å²) in [4.78, 5) is 0. The van der Waals surface area contributed by atoms with Crippen LogP contribution in [0.15, 0.2) is 72.0 Å². The minimum absolute atomic E-state index is 0.0747. The third-order valence-corrected chi connectivity index (χ3v) is 7.99. The predicted octanol–water partition coefficient (Wildman–Crippen LogP) is 2.84. The molecule has 0 aromatic heterocycles. The second kappa shape index (κ2) is 12.1. The van der Waals surface area contributed by atoms with E-state index >= 15 is 0 Å². The van der Waals surface area contributed by atoms with Crippen LogP contribution in [0.25, 0.3) is 0 Å². The highest BCUT2D eigenvalue weighted by Crippen LogP contribution is 2.32. The summed E-state index contributed by atoms with van der Waals surface area (Å²) in [6.07, 6.45) is 2.50. The van der Waals surface area contributed by atoms with Crippen LogP contribution < -0.4 is 10.4 Å². The van der Waals surface area contributed by atoms with E-state index in [1.54, 1.807) is 0 Å². The van der Waals surface area contributed by atoms with Gasteiger partial charge in [-0.3, -0.25) is 8.37 Å². The predicted molar refractivity (Wildman–Crippen MR) is 136 cm³/mol. The molecule has 187 valence electrons. The Labute approximate surface area is 205 Å². The van der Waals surface area contributed by atoms with Gasteiger partial charge < -0.3 is 4.43 Å². The van der Waals surface area contributed by atoms with Crippen LogP contribution in [0.4, 0.5) is 0 Å². The van der Waals surface area contributed by atoms with Crippen molar-refractivity contribution in [2.45, 2.75) is 33.6 Å². The van der Waals surface area contributed by atoms with Crippen LogP contribution in [-0.2, 0) is 33.0 Å². The molecule has 2 aromatic rings. The van der Waals surface area contributed by atoms with E-state index in [1.165, 1.54) is 0 Å². The smallest absolute Gasteiger partial charge is 0.352 e. The summed E-state index contributed by atoms with van der Waals surface area (Å²) >= 11 is 0. The molecule has 0 heterocycles. The first-order chi connectivity index (χ1) is 15.8. The largest absolute Gasteiger partial charge is 0.535 e. The first-order valence-electron chi connectivity index (χ1n) is 10.8. The Balaban J connectivity index is 2.51. The molecule has 0 aliphatic carbocycles. The van der Waals surface area contributed by atoms with E-state index in [-0.39, 0.29) is 26.1 Å². The molecule has 0 N–H and O–H groups in total. The van der Waals surface area contributed by atoms with Crippen molar-refractivity contribution < 1.29 is 29.6 Å². The normalized spacial score (nSPS) is 12.5. The van der Waals surface area contributed by atoms with Crippen molar-refractivity contribution >= 4 is 39.6 Å². The summed E-state index contributed by atoms with van der Waals surface area (Å²) in [6.45, 7) is 5.87. The van der Waals surface area contributed by atoms with E-state index in [0.29, 0.717) is 5.76 Å². The molecule has 10 heteroatoms. The quantitative estimate of drug-likeness (QED) is 0.239. The maximum atomic E-state index is 11.5. The van der Waals surface area contributed by atoms with Crippen LogP contribution in [0, 0.1) is 5.41 Å². The fraction of sp³-hybridized carbons (Fsp3) is 0.417. The second-order valence-electron chi connectivity index (χ2n) is 8.90. The Hall–Kier alpha value is -1.98. The molecule has 2 rings (SSSR count). The molecule has 0 spiro atoms. The highest BCUT2D eigenvalue weighted by Gasteiger charge is 2.30. The van der Waals surface area contributed by atoms with Gasteiger partial charge >= 0.3 is 9.04 Å². The van der Waals surface area contributed by atoms with Gasteiger partial charge in [0.2, 0.25) is 0 Å². The molecule has 0 saturated heterocycles. The van der Waals surface area contributed by atoms with E-state index < -0.39 is 34.7 Å². The lowest BCUT2D eigenvalue weighted by Gasteiger charge is -2.31. The summed E-state index contributed by atoms with van der Waals surface area (Å²) in [7, 11) is -8.94. The summed E-state index contributed by atoms with van der Waals surface area (Å²) < 4.78 is 62.8. The Bertz CT molecular complexity index is 1080. The van der Waals surface area contributed by atoms with Gasteiger partial charge in [0.15, 0.2) is 0 Å². The summed E-state index contributed by atoms with van der Waals surface area (Å²) in [6, 6.07) is 19.9. The second-order valence-corrected chi connectivity index (χ2v) is 14.2. The van der Waals surface area contributed by atoms with Crippen LogP contribution in [0.5, 0.6) is 0 Å². The third-order valence-electron chi connectivity index (χ3n) is 4.68. The topological polar surface area (TPSA) is 96.0 Å². The van der Waals surface area contributed by atoms with Gasteiger partial charge in [-0.2, -0.15) is 16.8 Å². The van der Waals surface area contributed by atoms with Crippen molar-refractivity contribution in [2.24, 2.45) is 5.41 Å². The summed E-state index contributed by atoms with van der Waals surface area (Å²) in [5.74, 6) is 0.684. The first kappa shape index (κ1) is 28.3. The minimum atomic E-state index is -3.62. The zero-order valence-corrected chi connectivity index (χ0v) is 22.9. The van der Waals surface area contributed by atoms with Crippen LogP contribution in [0.1, 0.15) is 33.6 Å². The molecular formula is C24H33O7S2Si. The molecule has 0 atom stereocenters. The monoisotopic (exact) mass is 525 g/mol. The molecule has 2 aromatic carbocycles. The Morgan fingerprint density at radius 2 is 1.12 bits per heavy atom. The van der Waals surface area contributed by atoms with Gasteiger partial charge in [-0.15, -0.1) is 0 Å². The van der Waals surface area contributed by atoms with E-state index in [1.807, 2.05) is 81.4 Å². The van der Waals surface area contributed by atoms with Crippen LogP contribution in [0.2, 0.25) is 0 Å². The lowest BCUT2D eigenvalue weighted by atomic mass is 9.89. The Morgan fingerprint density at radius 3 is 1.44 bits per heavy atom. The molecular weight excluding hydrogens is 492 g/mol. The number of allylic oxidation sites excluding steroid dienone is 1. The molecule has 34 heavy (non-hydrogen) atoms. The Morgan fingerprint density at radius 1 is 0.735 bits per heavy atom. The lowest BCUT2D eigenvalue weighted by Crippen LogP contribution is -2.46. The molecule has 0 unspecified atom stereocenters. The van der Waals surface area contributed by atoms with Crippen molar-refractivity contribution in [3.8, 4) is 0 Å². The highest BCUT2D eigenvalue weighted by atomic mass is 32.2. The van der Waals surface area contributed by atoms with Crippen molar-refractivity contribution in [3.63, 3.8) is 0 Å². The van der Waals surface area contributed by atoms with E-state index in [0.717, 1.165) is 28.5 Å². The number of benzene rings is 2. The molecule has 0 saturated carbocycles.